The Balaban J connectivity index is 1.72. The summed E-state index contributed by atoms with van der Waals surface area (Å²) in [5.41, 5.74) is 3.16. The van der Waals surface area contributed by atoms with Crippen molar-refractivity contribution in [2.75, 3.05) is 6.54 Å². The summed E-state index contributed by atoms with van der Waals surface area (Å²) >= 11 is 6.31. The highest BCUT2D eigenvalue weighted by molar-refractivity contribution is 8.26. The van der Waals surface area contributed by atoms with E-state index in [2.05, 4.69) is 16.7 Å². The zero-order valence-corrected chi connectivity index (χ0v) is 16.4. The normalized spacial score (nSPS) is 15.7. The van der Waals surface area contributed by atoms with E-state index < -0.39 is 12.5 Å². The Kier molecular flexibility index (Phi) is 5.02. The maximum Gasteiger partial charge on any atom is 0.323 e. The topological polar surface area (TPSA) is 62.5 Å². The van der Waals surface area contributed by atoms with Crippen LogP contribution in [0.2, 0.25) is 0 Å². The molecule has 1 amide bonds. The summed E-state index contributed by atoms with van der Waals surface area (Å²) in [5.74, 6) is -1.45. The van der Waals surface area contributed by atoms with E-state index in [1.54, 1.807) is 6.08 Å². The minimum atomic E-state index is -1.09. The number of hydrogen-bond acceptors (Lipinski definition) is 4. The molecule has 7 heteroatoms. The third-order valence-electron chi connectivity index (χ3n) is 4.47. The van der Waals surface area contributed by atoms with E-state index in [1.165, 1.54) is 5.56 Å². The van der Waals surface area contributed by atoms with Gasteiger partial charge in [-0.25, -0.2) is 0 Å². The van der Waals surface area contributed by atoms with Crippen molar-refractivity contribution in [1.82, 2.24) is 9.47 Å². The summed E-state index contributed by atoms with van der Waals surface area (Å²) in [7, 11) is 0. The Hall–Kier alpha value is -2.90. The first kappa shape index (κ1) is 18.5. The van der Waals surface area contributed by atoms with Crippen molar-refractivity contribution in [3.63, 3.8) is 0 Å². The van der Waals surface area contributed by atoms with Crippen LogP contribution in [0.15, 0.2) is 65.7 Å². The van der Waals surface area contributed by atoms with Gasteiger partial charge in [-0.1, -0.05) is 72.5 Å². The molecule has 1 aliphatic heterocycles. The molecule has 3 aromatic rings. The number of hydrogen-bond donors (Lipinski definition) is 1. The van der Waals surface area contributed by atoms with E-state index in [1.807, 2.05) is 48.7 Å². The van der Waals surface area contributed by atoms with E-state index in [0.717, 1.165) is 39.7 Å². The maximum absolute atomic E-state index is 12.6. The molecule has 2 heterocycles. The Morgan fingerprint density at radius 2 is 1.82 bits per heavy atom. The maximum atomic E-state index is 12.6. The number of carboxylic acid groups (broad SMARTS) is 1. The van der Waals surface area contributed by atoms with Gasteiger partial charge >= 0.3 is 5.97 Å². The zero-order chi connectivity index (χ0) is 19.7. The molecular weight excluding hydrogens is 392 g/mol. The van der Waals surface area contributed by atoms with Gasteiger partial charge in [0.15, 0.2) is 0 Å². The van der Waals surface area contributed by atoms with Crippen LogP contribution >= 0.6 is 24.0 Å². The molecule has 1 aromatic heterocycles. The van der Waals surface area contributed by atoms with Crippen LogP contribution in [0.1, 0.15) is 11.1 Å². The lowest BCUT2D eigenvalue weighted by atomic mass is 10.1. The highest BCUT2D eigenvalue weighted by Crippen LogP contribution is 2.34. The number of thioether (sulfide) groups is 1. The highest BCUT2D eigenvalue weighted by atomic mass is 32.2. The molecule has 5 nitrogen and oxygen atoms in total. The predicted molar refractivity (Wildman–Crippen MR) is 115 cm³/mol. The van der Waals surface area contributed by atoms with Crippen molar-refractivity contribution >= 4 is 57.2 Å². The molecule has 0 atom stereocenters. The Morgan fingerprint density at radius 3 is 2.57 bits per heavy atom. The second-order valence-corrected chi connectivity index (χ2v) is 8.05. The van der Waals surface area contributed by atoms with Crippen LogP contribution in [-0.2, 0) is 16.1 Å². The van der Waals surface area contributed by atoms with Crippen LogP contribution < -0.4 is 0 Å². The van der Waals surface area contributed by atoms with Crippen LogP contribution in [0.25, 0.3) is 17.0 Å². The molecule has 0 aliphatic carbocycles. The molecule has 0 bridgehead atoms. The standard InChI is InChI=1S/C21H16N2O3S2/c24-19(25)13-23-20(26)18(28-21(23)27)10-15-12-22(11-14-6-2-1-3-7-14)17-9-5-4-8-16(15)17/h1-10,12H,11,13H2,(H,24,25). The molecule has 4 rings (SSSR count). The van der Waals surface area contributed by atoms with Crippen LogP contribution in [-0.4, -0.2) is 37.3 Å². The van der Waals surface area contributed by atoms with Crippen molar-refractivity contribution in [2.24, 2.45) is 0 Å². The summed E-state index contributed by atoms with van der Waals surface area (Å²) in [6.45, 7) is 0.299. The number of para-hydroxylation sites is 1. The minimum Gasteiger partial charge on any atom is -0.480 e. The average molecular weight is 409 g/mol. The molecule has 1 saturated heterocycles. The van der Waals surface area contributed by atoms with Crippen molar-refractivity contribution in [3.8, 4) is 0 Å². The molecule has 1 N–H and O–H groups in total. The second kappa shape index (κ2) is 7.61. The molecule has 0 radical (unpaired) electrons. The third kappa shape index (κ3) is 3.58. The quantitative estimate of drug-likeness (QED) is 0.511. The van der Waals surface area contributed by atoms with Gasteiger partial charge in [-0.3, -0.25) is 14.5 Å². The van der Waals surface area contributed by atoms with Gasteiger partial charge in [0, 0.05) is 29.2 Å². The first-order valence-electron chi connectivity index (χ1n) is 8.62. The fourth-order valence-corrected chi connectivity index (χ4v) is 4.46. The van der Waals surface area contributed by atoms with Crippen molar-refractivity contribution in [2.45, 2.75) is 6.54 Å². The van der Waals surface area contributed by atoms with Crippen LogP contribution in [0, 0.1) is 0 Å². The molecule has 1 aliphatic rings. The molecule has 0 unspecified atom stereocenters. The summed E-state index contributed by atoms with van der Waals surface area (Å²) in [4.78, 5) is 25.1. The lowest BCUT2D eigenvalue weighted by molar-refractivity contribution is -0.140. The summed E-state index contributed by atoms with van der Waals surface area (Å²) in [6.07, 6.45) is 3.81. The second-order valence-electron chi connectivity index (χ2n) is 6.38. The molecule has 0 spiro atoms. The van der Waals surface area contributed by atoms with Gasteiger partial charge in [0.05, 0.1) is 4.91 Å². The van der Waals surface area contributed by atoms with E-state index in [0.29, 0.717) is 4.91 Å². The van der Waals surface area contributed by atoms with E-state index in [9.17, 15) is 9.59 Å². The first-order valence-corrected chi connectivity index (χ1v) is 9.84. The molecule has 0 saturated carbocycles. The number of aromatic nitrogens is 1. The summed E-state index contributed by atoms with van der Waals surface area (Å²) in [5, 5.41) is 10.0. The lowest BCUT2D eigenvalue weighted by Gasteiger charge is -2.10. The molecule has 1 fully saturated rings. The molecular formula is C21H16N2O3S2. The number of carbonyl (C=O) groups is 2. The largest absolute Gasteiger partial charge is 0.480 e. The van der Waals surface area contributed by atoms with Gasteiger partial charge in [0.2, 0.25) is 0 Å². The Morgan fingerprint density at radius 1 is 1.11 bits per heavy atom. The number of carboxylic acids is 1. The molecule has 28 heavy (non-hydrogen) atoms. The van der Waals surface area contributed by atoms with Gasteiger partial charge in [-0.2, -0.15) is 0 Å². The lowest BCUT2D eigenvalue weighted by Crippen LogP contribution is -2.33. The van der Waals surface area contributed by atoms with Crippen molar-refractivity contribution in [3.05, 3.63) is 76.8 Å². The average Bonchev–Trinajstić information content (AvgIpc) is 3.15. The zero-order valence-electron chi connectivity index (χ0n) is 14.7. The number of aliphatic carboxylic acids is 1. The Labute approximate surface area is 171 Å². The van der Waals surface area contributed by atoms with Crippen molar-refractivity contribution < 1.29 is 14.7 Å². The predicted octanol–water partition coefficient (Wildman–Crippen LogP) is 3.98. The van der Waals surface area contributed by atoms with Gasteiger partial charge in [0.1, 0.15) is 10.9 Å². The van der Waals surface area contributed by atoms with Gasteiger partial charge in [-0.15, -0.1) is 0 Å². The third-order valence-corrected chi connectivity index (χ3v) is 5.85. The fraction of sp³-hybridized carbons (Fsp3) is 0.0952. The van der Waals surface area contributed by atoms with Gasteiger partial charge in [-0.05, 0) is 17.7 Å². The highest BCUT2D eigenvalue weighted by Gasteiger charge is 2.33. The van der Waals surface area contributed by atoms with Gasteiger partial charge in [0.25, 0.3) is 5.91 Å². The molecule has 2 aromatic carbocycles. The SMILES string of the molecule is O=C(O)CN1C(=O)C(=Cc2cn(Cc3ccccc3)c3ccccc23)SC1=S. The molecule has 140 valence electrons. The van der Waals surface area contributed by atoms with Crippen LogP contribution in [0.4, 0.5) is 0 Å². The minimum absolute atomic E-state index is 0.270. The fourth-order valence-electron chi connectivity index (χ4n) is 3.21. The van der Waals surface area contributed by atoms with Crippen molar-refractivity contribution in [1.29, 1.82) is 0 Å². The first-order chi connectivity index (χ1) is 13.5. The summed E-state index contributed by atoms with van der Waals surface area (Å²) < 4.78 is 2.42. The number of nitrogens with zero attached hydrogens (tertiary/aromatic N) is 2. The Bertz CT molecular complexity index is 1120. The smallest absolute Gasteiger partial charge is 0.323 e. The van der Waals surface area contributed by atoms with E-state index in [4.69, 9.17) is 17.3 Å². The van der Waals surface area contributed by atoms with Crippen LogP contribution in [0.5, 0.6) is 0 Å². The number of carbonyl (C=O) groups excluding carboxylic acids is 1. The van der Waals surface area contributed by atoms with E-state index >= 15 is 0 Å². The number of thiocarbonyl (C=S) groups is 1. The number of benzene rings is 2. The number of rotatable bonds is 5. The van der Waals surface area contributed by atoms with Gasteiger partial charge < -0.3 is 9.67 Å². The number of fused-ring (bicyclic) bond motifs is 1. The summed E-state index contributed by atoms with van der Waals surface area (Å²) in [6, 6.07) is 18.2. The van der Waals surface area contributed by atoms with Crippen LogP contribution in [0.3, 0.4) is 0 Å². The number of amides is 1. The monoisotopic (exact) mass is 408 g/mol. The van der Waals surface area contributed by atoms with E-state index in [-0.39, 0.29) is 10.2 Å².